The predicted molar refractivity (Wildman–Crippen MR) is 51.8 cm³/mol. The molecular weight excluding hydrogens is 182 g/mol. The van der Waals surface area contributed by atoms with E-state index in [1.54, 1.807) is 24.3 Å². The summed E-state index contributed by atoms with van der Waals surface area (Å²) in [4.78, 5) is 10.8. The number of amides is 1. The van der Waals surface area contributed by atoms with E-state index in [4.69, 9.17) is 15.6 Å². The summed E-state index contributed by atoms with van der Waals surface area (Å²) < 4.78 is 5.02. The van der Waals surface area contributed by atoms with Crippen molar-refractivity contribution in [1.29, 1.82) is 0 Å². The van der Waals surface area contributed by atoms with Gasteiger partial charge < -0.3 is 15.6 Å². The first-order valence-electron chi connectivity index (χ1n) is 4.22. The van der Waals surface area contributed by atoms with E-state index in [-0.39, 0.29) is 12.7 Å². The summed E-state index contributed by atoms with van der Waals surface area (Å²) in [5.41, 5.74) is 6.35. The molecule has 1 aromatic rings. The molecule has 0 heterocycles. The number of methoxy groups -OCH3 is 1. The fourth-order valence-corrected chi connectivity index (χ4v) is 1.18. The van der Waals surface area contributed by atoms with Gasteiger partial charge in [0.2, 0.25) is 5.91 Å². The van der Waals surface area contributed by atoms with Crippen LogP contribution in [0.2, 0.25) is 0 Å². The number of carbonyl (C=O) groups excluding carboxylic acids is 1. The summed E-state index contributed by atoms with van der Waals surface area (Å²) in [6, 6.07) is 6.65. The van der Waals surface area contributed by atoms with Crippen LogP contribution in [0.5, 0.6) is 0 Å². The van der Waals surface area contributed by atoms with Gasteiger partial charge in [0.15, 0.2) is 0 Å². The predicted octanol–water partition coefficient (Wildman–Crippen LogP) is 0.465. The minimum absolute atomic E-state index is 0.0909. The van der Waals surface area contributed by atoms with Gasteiger partial charge in [0.25, 0.3) is 0 Å². The Morgan fingerprint density at radius 1 is 1.50 bits per heavy atom. The van der Waals surface area contributed by atoms with Crippen LogP contribution < -0.4 is 5.73 Å². The average Bonchev–Trinajstić information content (AvgIpc) is 2.20. The van der Waals surface area contributed by atoms with Gasteiger partial charge in [-0.1, -0.05) is 12.1 Å². The normalized spacial score (nSPS) is 12.4. The lowest BCUT2D eigenvalue weighted by atomic mass is 10.1. The molecule has 1 rings (SSSR count). The van der Waals surface area contributed by atoms with Gasteiger partial charge in [-0.05, 0) is 17.7 Å². The molecule has 1 unspecified atom stereocenters. The molecule has 0 aromatic heterocycles. The third kappa shape index (κ3) is 2.31. The van der Waals surface area contributed by atoms with Gasteiger partial charge in [0.1, 0.15) is 6.10 Å². The Kier molecular flexibility index (Phi) is 3.62. The first-order valence-corrected chi connectivity index (χ1v) is 4.22. The summed E-state index contributed by atoms with van der Waals surface area (Å²) >= 11 is 0. The van der Waals surface area contributed by atoms with Crippen molar-refractivity contribution in [2.45, 2.75) is 6.10 Å². The summed E-state index contributed by atoms with van der Waals surface area (Å²) in [6.07, 6.45) is -0.350. The standard InChI is InChI=1S/C10H13NO3/c1-14-9(6-12)7-2-4-8(5-3-7)10(11)13/h2-5,9,12H,6H2,1H3,(H2,11,13). The Bertz CT molecular complexity index is 304. The number of hydrogen-bond acceptors (Lipinski definition) is 3. The van der Waals surface area contributed by atoms with Gasteiger partial charge in [-0.25, -0.2) is 0 Å². The molecule has 14 heavy (non-hydrogen) atoms. The molecule has 76 valence electrons. The Morgan fingerprint density at radius 3 is 2.43 bits per heavy atom. The minimum atomic E-state index is -0.463. The smallest absolute Gasteiger partial charge is 0.248 e. The van der Waals surface area contributed by atoms with Crippen LogP contribution in [0.15, 0.2) is 24.3 Å². The average molecular weight is 195 g/mol. The quantitative estimate of drug-likeness (QED) is 0.733. The van der Waals surface area contributed by atoms with Crippen LogP contribution in [0.4, 0.5) is 0 Å². The van der Waals surface area contributed by atoms with Crippen molar-refractivity contribution >= 4 is 5.91 Å². The Hall–Kier alpha value is -1.39. The van der Waals surface area contributed by atoms with E-state index in [0.717, 1.165) is 5.56 Å². The number of hydrogen-bond donors (Lipinski definition) is 2. The van der Waals surface area contributed by atoms with Crippen LogP contribution in [-0.4, -0.2) is 24.7 Å². The molecule has 0 radical (unpaired) electrons. The van der Waals surface area contributed by atoms with Crippen molar-refractivity contribution in [2.75, 3.05) is 13.7 Å². The van der Waals surface area contributed by atoms with E-state index in [1.807, 2.05) is 0 Å². The number of nitrogens with two attached hydrogens (primary N) is 1. The van der Waals surface area contributed by atoms with Crippen LogP contribution in [0, 0.1) is 0 Å². The summed E-state index contributed by atoms with van der Waals surface area (Å²) in [5.74, 6) is -0.463. The van der Waals surface area contributed by atoms with Gasteiger partial charge in [-0.2, -0.15) is 0 Å². The first kappa shape index (κ1) is 10.7. The lowest BCUT2D eigenvalue weighted by molar-refractivity contribution is 0.0484. The van der Waals surface area contributed by atoms with Crippen LogP contribution in [0.25, 0.3) is 0 Å². The van der Waals surface area contributed by atoms with E-state index >= 15 is 0 Å². The molecule has 0 spiro atoms. The number of ether oxygens (including phenoxy) is 1. The fraction of sp³-hybridized carbons (Fsp3) is 0.300. The number of primary amides is 1. The molecule has 0 bridgehead atoms. The van der Waals surface area contributed by atoms with Gasteiger partial charge in [0, 0.05) is 12.7 Å². The van der Waals surface area contributed by atoms with E-state index in [9.17, 15) is 4.79 Å². The molecule has 0 aliphatic heterocycles. The molecule has 1 atom stereocenters. The Balaban J connectivity index is 2.87. The van der Waals surface area contributed by atoms with Crippen molar-refractivity contribution in [3.63, 3.8) is 0 Å². The number of aliphatic hydroxyl groups excluding tert-OH is 1. The second-order valence-electron chi connectivity index (χ2n) is 2.89. The molecular formula is C10H13NO3. The monoisotopic (exact) mass is 195 g/mol. The third-order valence-corrected chi connectivity index (χ3v) is 2.02. The van der Waals surface area contributed by atoms with Crippen molar-refractivity contribution < 1.29 is 14.6 Å². The second-order valence-corrected chi connectivity index (χ2v) is 2.89. The molecule has 1 aromatic carbocycles. The second kappa shape index (κ2) is 4.74. The van der Waals surface area contributed by atoms with Crippen molar-refractivity contribution in [2.24, 2.45) is 5.73 Å². The van der Waals surface area contributed by atoms with Crippen LogP contribution >= 0.6 is 0 Å². The number of benzene rings is 1. The van der Waals surface area contributed by atoms with E-state index in [0.29, 0.717) is 5.56 Å². The highest BCUT2D eigenvalue weighted by Crippen LogP contribution is 2.16. The Labute approximate surface area is 82.3 Å². The molecule has 0 aliphatic rings. The topological polar surface area (TPSA) is 72.6 Å². The minimum Gasteiger partial charge on any atom is -0.393 e. The van der Waals surface area contributed by atoms with Crippen molar-refractivity contribution in [3.8, 4) is 0 Å². The van der Waals surface area contributed by atoms with E-state index in [1.165, 1.54) is 7.11 Å². The Morgan fingerprint density at radius 2 is 2.07 bits per heavy atom. The van der Waals surface area contributed by atoms with E-state index < -0.39 is 5.91 Å². The SMILES string of the molecule is COC(CO)c1ccc(C(N)=O)cc1. The number of rotatable bonds is 4. The zero-order valence-electron chi connectivity index (χ0n) is 7.93. The summed E-state index contributed by atoms with van der Waals surface area (Å²) in [7, 11) is 1.52. The third-order valence-electron chi connectivity index (χ3n) is 2.02. The molecule has 0 saturated carbocycles. The maximum Gasteiger partial charge on any atom is 0.248 e. The largest absolute Gasteiger partial charge is 0.393 e. The summed E-state index contributed by atoms with van der Waals surface area (Å²) in [6.45, 7) is -0.0909. The van der Waals surface area contributed by atoms with Crippen molar-refractivity contribution in [3.05, 3.63) is 35.4 Å². The van der Waals surface area contributed by atoms with Crippen LogP contribution in [0.3, 0.4) is 0 Å². The molecule has 1 amide bonds. The van der Waals surface area contributed by atoms with E-state index in [2.05, 4.69) is 0 Å². The molecule has 4 heteroatoms. The zero-order chi connectivity index (χ0) is 10.6. The molecule has 3 N–H and O–H groups in total. The molecule has 0 saturated heterocycles. The maximum absolute atomic E-state index is 10.8. The van der Waals surface area contributed by atoms with Gasteiger partial charge in [0.05, 0.1) is 6.61 Å². The highest BCUT2D eigenvalue weighted by Gasteiger charge is 2.09. The lowest BCUT2D eigenvalue weighted by Gasteiger charge is -2.12. The van der Waals surface area contributed by atoms with Gasteiger partial charge in [-0.3, -0.25) is 4.79 Å². The highest BCUT2D eigenvalue weighted by molar-refractivity contribution is 5.92. The molecule has 0 aliphatic carbocycles. The number of aliphatic hydroxyl groups is 1. The summed E-state index contributed by atoms with van der Waals surface area (Å²) in [5, 5.41) is 8.94. The number of carbonyl (C=O) groups is 1. The van der Waals surface area contributed by atoms with Crippen LogP contribution in [-0.2, 0) is 4.74 Å². The maximum atomic E-state index is 10.8. The zero-order valence-corrected chi connectivity index (χ0v) is 7.93. The highest BCUT2D eigenvalue weighted by atomic mass is 16.5. The van der Waals surface area contributed by atoms with Gasteiger partial charge >= 0.3 is 0 Å². The fourth-order valence-electron chi connectivity index (χ4n) is 1.18. The molecule has 4 nitrogen and oxygen atoms in total. The first-order chi connectivity index (χ1) is 6.69. The van der Waals surface area contributed by atoms with Gasteiger partial charge in [-0.15, -0.1) is 0 Å². The molecule has 0 fully saturated rings. The van der Waals surface area contributed by atoms with Crippen LogP contribution in [0.1, 0.15) is 22.0 Å². The van der Waals surface area contributed by atoms with Crippen molar-refractivity contribution in [1.82, 2.24) is 0 Å². The lowest BCUT2D eigenvalue weighted by Crippen LogP contribution is -2.11.